The molecule has 5 aromatic rings. The summed E-state index contributed by atoms with van der Waals surface area (Å²) in [4.78, 5) is 18.8. The molecule has 4 heterocycles. The largest absolute Gasteiger partial charge is 0.433 e. The minimum absolute atomic E-state index is 0.0932. The molecule has 0 aliphatic rings. The number of rotatable bonds is 6. The van der Waals surface area contributed by atoms with E-state index < -0.39 is 17.8 Å². The van der Waals surface area contributed by atoms with Crippen molar-refractivity contribution < 1.29 is 18.0 Å². The Kier molecular flexibility index (Phi) is 6.69. The van der Waals surface area contributed by atoms with Crippen LogP contribution in [0.3, 0.4) is 0 Å². The molecule has 0 radical (unpaired) electrons. The van der Waals surface area contributed by atoms with Gasteiger partial charge in [-0.3, -0.25) is 9.48 Å². The number of hydrogen-bond acceptors (Lipinski definition) is 5. The monoisotopic (exact) mass is 564 g/mol. The molecule has 0 spiro atoms. The highest BCUT2D eigenvalue weighted by atomic mass is 35.5. The van der Waals surface area contributed by atoms with Gasteiger partial charge in [-0.1, -0.05) is 36.2 Å². The molecule has 7 nitrogen and oxygen atoms in total. The molecule has 0 bridgehead atoms. The lowest BCUT2D eigenvalue weighted by Gasteiger charge is -2.10. The van der Waals surface area contributed by atoms with E-state index >= 15 is 0 Å². The highest BCUT2D eigenvalue weighted by molar-refractivity contribution is 7.15. The third-order valence-corrected chi connectivity index (χ3v) is 7.28. The van der Waals surface area contributed by atoms with Gasteiger partial charge in [-0.15, -0.1) is 11.3 Å². The average molecular weight is 565 g/mol. The third kappa shape index (κ3) is 5.34. The number of thiophene rings is 1. The third-order valence-electron chi connectivity index (χ3n) is 5.44. The summed E-state index contributed by atoms with van der Waals surface area (Å²) < 4.78 is 43.8. The smallest absolute Gasteiger partial charge is 0.304 e. The van der Waals surface area contributed by atoms with Gasteiger partial charge in [-0.05, 0) is 42.3 Å². The van der Waals surface area contributed by atoms with Crippen LogP contribution in [0.15, 0.2) is 54.7 Å². The van der Waals surface area contributed by atoms with Gasteiger partial charge in [0, 0.05) is 33.3 Å². The van der Waals surface area contributed by atoms with Gasteiger partial charge in [-0.25, -0.2) is 9.50 Å². The second-order valence-corrected chi connectivity index (χ2v) is 10.0. The second-order valence-electron chi connectivity index (χ2n) is 8.03. The van der Waals surface area contributed by atoms with E-state index in [4.69, 9.17) is 23.2 Å². The lowest BCUT2D eigenvalue weighted by atomic mass is 10.2. The Morgan fingerprint density at radius 1 is 1.08 bits per heavy atom. The van der Waals surface area contributed by atoms with Crippen LogP contribution in [-0.4, -0.2) is 30.3 Å². The zero-order valence-electron chi connectivity index (χ0n) is 19.1. The molecule has 1 aromatic carbocycles. The molecule has 37 heavy (non-hydrogen) atoms. The van der Waals surface area contributed by atoms with Gasteiger partial charge in [0.2, 0.25) is 0 Å². The number of nitrogens with one attached hydrogen (secondary N) is 1. The molecule has 4 aromatic heterocycles. The molecular weight excluding hydrogens is 548 g/mol. The zero-order valence-corrected chi connectivity index (χ0v) is 21.4. The number of halogens is 5. The number of carbonyl (C=O) groups is 1. The molecule has 0 aliphatic carbocycles. The lowest BCUT2D eigenvalue weighted by Crippen LogP contribution is -2.16. The summed E-state index contributed by atoms with van der Waals surface area (Å²) in [7, 11) is 0. The minimum atomic E-state index is -4.71. The first-order valence-electron chi connectivity index (χ1n) is 11.0. The van der Waals surface area contributed by atoms with E-state index in [1.165, 1.54) is 17.4 Å². The molecule has 0 atom stereocenters. The maximum absolute atomic E-state index is 13.9. The summed E-state index contributed by atoms with van der Waals surface area (Å²) in [6, 6.07) is 12.4. The van der Waals surface area contributed by atoms with Crippen LogP contribution in [0, 0.1) is 0 Å². The van der Waals surface area contributed by atoms with Gasteiger partial charge >= 0.3 is 6.18 Å². The van der Waals surface area contributed by atoms with Crippen molar-refractivity contribution in [1.29, 1.82) is 0 Å². The van der Waals surface area contributed by atoms with Crippen LogP contribution in [0.25, 0.3) is 16.2 Å². The number of hydrogen-bond donors (Lipinski definition) is 1. The van der Waals surface area contributed by atoms with Gasteiger partial charge in [0.25, 0.3) is 5.91 Å². The Balaban J connectivity index is 1.41. The van der Waals surface area contributed by atoms with Crippen LogP contribution < -0.4 is 5.32 Å². The fraction of sp³-hybridized carbons (Fsp3) is 0.167. The molecular formula is C24H17Cl2F3N6OS. The Labute approximate surface area is 222 Å². The highest BCUT2D eigenvalue weighted by Crippen LogP contribution is 2.34. The number of fused-ring (bicyclic) bond motifs is 1. The first-order chi connectivity index (χ1) is 17.6. The van der Waals surface area contributed by atoms with Crippen molar-refractivity contribution in [3.8, 4) is 10.6 Å². The van der Waals surface area contributed by atoms with Gasteiger partial charge in [0.1, 0.15) is 0 Å². The first-order valence-corrected chi connectivity index (χ1v) is 12.5. The van der Waals surface area contributed by atoms with Crippen LogP contribution in [0.5, 0.6) is 0 Å². The number of amides is 1. The number of anilines is 1. The van der Waals surface area contributed by atoms with E-state index in [0.717, 1.165) is 22.9 Å². The molecule has 0 saturated carbocycles. The Morgan fingerprint density at radius 2 is 1.89 bits per heavy atom. The second kappa shape index (κ2) is 9.81. The fourth-order valence-corrected chi connectivity index (χ4v) is 5.02. The quantitative estimate of drug-likeness (QED) is 0.245. The fourth-order valence-electron chi connectivity index (χ4n) is 3.64. The zero-order chi connectivity index (χ0) is 26.3. The van der Waals surface area contributed by atoms with Crippen molar-refractivity contribution in [2.45, 2.75) is 26.1 Å². The first kappa shape index (κ1) is 25.2. The summed E-state index contributed by atoms with van der Waals surface area (Å²) >= 11 is 13.5. The molecule has 0 fully saturated rings. The molecule has 0 unspecified atom stereocenters. The van der Waals surface area contributed by atoms with Crippen molar-refractivity contribution in [1.82, 2.24) is 24.4 Å². The van der Waals surface area contributed by atoms with Gasteiger partial charge in [0.15, 0.2) is 22.9 Å². The molecule has 0 saturated heterocycles. The molecule has 1 N–H and O–H groups in total. The lowest BCUT2D eigenvalue weighted by molar-refractivity contribution is -0.142. The SMILES string of the molecule is CCc1ccc(-c2cc(C(F)(F)F)n3nc(C(=O)Nc4ccn(Cc5ccc(Cl)cc5Cl)n4)cc3n2)s1. The molecule has 190 valence electrons. The van der Waals surface area contributed by atoms with E-state index in [1.807, 2.05) is 13.0 Å². The predicted octanol–water partition coefficient (Wildman–Crippen LogP) is 6.84. The van der Waals surface area contributed by atoms with E-state index in [2.05, 4.69) is 20.5 Å². The van der Waals surface area contributed by atoms with E-state index in [0.29, 0.717) is 26.0 Å². The van der Waals surface area contributed by atoms with E-state index in [9.17, 15) is 18.0 Å². The molecule has 13 heteroatoms. The topological polar surface area (TPSA) is 77.1 Å². The van der Waals surface area contributed by atoms with Crippen molar-refractivity contribution in [2.24, 2.45) is 0 Å². The summed E-state index contributed by atoms with van der Waals surface area (Å²) in [6.07, 6.45) is -2.31. The van der Waals surface area contributed by atoms with Gasteiger partial charge in [-0.2, -0.15) is 23.4 Å². The van der Waals surface area contributed by atoms with Gasteiger partial charge in [0.05, 0.1) is 17.1 Å². The summed E-state index contributed by atoms with van der Waals surface area (Å²) in [5.41, 5.74) is -0.418. The van der Waals surface area contributed by atoms with E-state index in [-0.39, 0.29) is 22.9 Å². The molecule has 0 aliphatic heterocycles. The van der Waals surface area contributed by atoms with Crippen LogP contribution in [0.2, 0.25) is 10.0 Å². The van der Waals surface area contributed by atoms with Crippen molar-refractivity contribution in [3.63, 3.8) is 0 Å². The van der Waals surface area contributed by atoms with Crippen LogP contribution in [0.1, 0.15) is 33.5 Å². The maximum Gasteiger partial charge on any atom is 0.433 e. The van der Waals surface area contributed by atoms with Crippen molar-refractivity contribution in [3.05, 3.63) is 86.6 Å². The Hall–Kier alpha value is -3.41. The molecule has 1 amide bonds. The summed E-state index contributed by atoms with van der Waals surface area (Å²) in [5.74, 6) is -0.526. The predicted molar refractivity (Wildman–Crippen MR) is 136 cm³/mol. The highest BCUT2D eigenvalue weighted by Gasteiger charge is 2.36. The Bertz CT molecular complexity index is 1620. The van der Waals surface area contributed by atoms with Crippen LogP contribution >= 0.6 is 34.5 Å². The number of aryl methyl sites for hydroxylation is 1. The van der Waals surface area contributed by atoms with Crippen LogP contribution in [0.4, 0.5) is 19.0 Å². The standard InChI is InChI=1S/C24H17Cl2F3N6OS/c1-2-15-5-6-19(37-15)17-10-20(24(27,28)29)35-22(30-17)11-18(32-35)23(36)31-21-7-8-34(33-21)12-13-3-4-14(25)9-16(13)26/h3-11H,2,12H2,1H3,(H,31,33,36). The number of carbonyl (C=O) groups excluding carboxylic acids is 1. The van der Waals surface area contributed by atoms with Crippen molar-refractivity contribution in [2.75, 3.05) is 5.32 Å². The average Bonchev–Trinajstić information content (AvgIpc) is 3.59. The number of nitrogens with zero attached hydrogens (tertiary/aromatic N) is 5. The maximum atomic E-state index is 13.9. The van der Waals surface area contributed by atoms with Gasteiger partial charge < -0.3 is 5.32 Å². The number of alkyl halides is 3. The van der Waals surface area contributed by atoms with Crippen molar-refractivity contribution >= 4 is 51.9 Å². The Morgan fingerprint density at radius 3 is 2.59 bits per heavy atom. The van der Waals surface area contributed by atoms with Crippen LogP contribution in [-0.2, 0) is 19.1 Å². The normalized spacial score (nSPS) is 11.8. The summed E-state index contributed by atoms with van der Waals surface area (Å²) in [5, 5.41) is 11.7. The summed E-state index contributed by atoms with van der Waals surface area (Å²) in [6.45, 7) is 2.29. The van der Waals surface area contributed by atoms with E-state index in [1.54, 1.807) is 41.2 Å². The number of benzene rings is 1. The number of aromatic nitrogens is 5. The minimum Gasteiger partial charge on any atom is -0.304 e. The molecule has 5 rings (SSSR count).